The number of halogens is 3. The summed E-state index contributed by atoms with van der Waals surface area (Å²) in [5.41, 5.74) is 4.30. The van der Waals surface area contributed by atoms with Crippen LogP contribution >= 0.6 is 0 Å². The van der Waals surface area contributed by atoms with Crippen LogP contribution in [0.2, 0.25) is 0 Å². The second-order valence-corrected chi connectivity index (χ2v) is 7.53. The first-order chi connectivity index (χ1) is 12.7. The van der Waals surface area contributed by atoms with E-state index in [1.165, 1.54) is 11.9 Å². The van der Waals surface area contributed by atoms with Gasteiger partial charge in [0.2, 0.25) is 5.95 Å². The average molecular weight is 381 g/mol. The van der Waals surface area contributed by atoms with Gasteiger partial charge in [0.15, 0.2) is 5.54 Å². The first kappa shape index (κ1) is 19.7. The summed E-state index contributed by atoms with van der Waals surface area (Å²) in [5, 5.41) is 0.836. The van der Waals surface area contributed by atoms with Crippen LogP contribution in [0.15, 0.2) is 24.2 Å². The largest absolute Gasteiger partial charge is 0.333 e. The molecule has 27 heavy (non-hydrogen) atoms. The lowest BCUT2D eigenvalue weighted by Crippen LogP contribution is -2.61. The van der Waals surface area contributed by atoms with Gasteiger partial charge in [-0.05, 0) is 55.4 Å². The Bertz CT molecular complexity index is 776. The van der Waals surface area contributed by atoms with Crippen LogP contribution in [-0.2, 0) is 17.8 Å². The molecule has 1 fully saturated rings. The van der Waals surface area contributed by atoms with Crippen LogP contribution in [0.1, 0.15) is 42.0 Å². The number of nitrogens with zero attached hydrogens (tertiary/aromatic N) is 2. The number of alkyl halides is 2. The van der Waals surface area contributed by atoms with Crippen LogP contribution in [0.4, 0.5) is 13.2 Å². The van der Waals surface area contributed by atoms with E-state index in [2.05, 4.69) is 11.5 Å². The van der Waals surface area contributed by atoms with Crippen molar-refractivity contribution in [1.82, 2.24) is 15.3 Å². The van der Waals surface area contributed by atoms with Crippen LogP contribution in [-0.4, -0.2) is 40.9 Å². The lowest BCUT2D eigenvalue weighted by Gasteiger charge is -2.34. The maximum Gasteiger partial charge on any atom is 0.270 e. The number of hydrogen-bond donors (Lipinski definition) is 1. The zero-order chi connectivity index (χ0) is 19.9. The van der Waals surface area contributed by atoms with Gasteiger partial charge in [0.05, 0.1) is 0 Å². The zero-order valence-corrected chi connectivity index (χ0v) is 16.2. The van der Waals surface area contributed by atoms with Gasteiger partial charge in [-0.3, -0.25) is 9.80 Å². The van der Waals surface area contributed by atoms with Gasteiger partial charge in [0, 0.05) is 25.7 Å². The van der Waals surface area contributed by atoms with E-state index >= 15 is 0 Å². The SMILES string of the molecule is CCc1cc(C)c(C)cc1CN(C(=O)C1(C(F)F)C=C(F)N(C)N1)C1CC1. The molecular weight excluding hydrogens is 355 g/mol. The molecule has 2 aliphatic rings. The van der Waals surface area contributed by atoms with Gasteiger partial charge in [0.25, 0.3) is 12.3 Å². The smallest absolute Gasteiger partial charge is 0.270 e. The van der Waals surface area contributed by atoms with Gasteiger partial charge < -0.3 is 4.90 Å². The third-order valence-corrected chi connectivity index (χ3v) is 5.50. The van der Waals surface area contributed by atoms with Crippen molar-refractivity contribution in [3.05, 3.63) is 46.4 Å². The van der Waals surface area contributed by atoms with Crippen molar-refractivity contribution < 1.29 is 18.0 Å². The summed E-state index contributed by atoms with van der Waals surface area (Å²) < 4.78 is 41.7. The first-order valence-corrected chi connectivity index (χ1v) is 9.27. The molecule has 1 saturated carbocycles. The van der Waals surface area contributed by atoms with Gasteiger partial charge in [0.1, 0.15) is 0 Å². The van der Waals surface area contributed by atoms with Crippen molar-refractivity contribution in [1.29, 1.82) is 0 Å². The molecule has 148 valence electrons. The topological polar surface area (TPSA) is 35.6 Å². The lowest BCUT2D eigenvalue weighted by molar-refractivity contribution is -0.145. The molecule has 0 saturated heterocycles. The fraction of sp³-hybridized carbons (Fsp3) is 0.550. The van der Waals surface area contributed by atoms with Crippen molar-refractivity contribution in [3.63, 3.8) is 0 Å². The zero-order valence-electron chi connectivity index (χ0n) is 16.2. The van der Waals surface area contributed by atoms with Gasteiger partial charge in [-0.25, -0.2) is 14.2 Å². The quantitative estimate of drug-likeness (QED) is 0.765. The van der Waals surface area contributed by atoms with E-state index < -0.39 is 23.8 Å². The fourth-order valence-corrected chi connectivity index (χ4v) is 3.55. The molecule has 1 N–H and O–H groups in total. The summed E-state index contributed by atoms with van der Waals surface area (Å²) in [6, 6.07) is 4.03. The fourth-order valence-electron chi connectivity index (χ4n) is 3.55. The highest BCUT2D eigenvalue weighted by Gasteiger charge is 2.54. The summed E-state index contributed by atoms with van der Waals surface area (Å²) >= 11 is 0. The van der Waals surface area contributed by atoms with E-state index in [9.17, 15) is 18.0 Å². The van der Waals surface area contributed by atoms with Crippen LogP contribution in [0, 0.1) is 13.8 Å². The minimum atomic E-state index is -3.06. The Morgan fingerprint density at radius 1 is 1.30 bits per heavy atom. The molecule has 7 heteroatoms. The van der Waals surface area contributed by atoms with Crippen LogP contribution in [0.3, 0.4) is 0 Å². The van der Waals surface area contributed by atoms with E-state index in [4.69, 9.17) is 0 Å². The summed E-state index contributed by atoms with van der Waals surface area (Å²) in [5.74, 6) is -1.65. The monoisotopic (exact) mass is 381 g/mol. The number of nitrogens with one attached hydrogen (secondary N) is 1. The number of carbonyl (C=O) groups is 1. The molecule has 1 heterocycles. The van der Waals surface area contributed by atoms with Crippen molar-refractivity contribution in [2.45, 2.75) is 64.6 Å². The molecule has 1 aliphatic heterocycles. The second-order valence-electron chi connectivity index (χ2n) is 7.53. The van der Waals surface area contributed by atoms with Crippen molar-refractivity contribution in [2.24, 2.45) is 0 Å². The first-order valence-electron chi connectivity index (χ1n) is 9.27. The lowest BCUT2D eigenvalue weighted by atomic mass is 9.96. The number of aryl methyl sites for hydroxylation is 3. The molecule has 1 atom stereocenters. The predicted molar refractivity (Wildman–Crippen MR) is 97.7 cm³/mol. The highest BCUT2D eigenvalue weighted by Crippen LogP contribution is 2.36. The molecule has 1 aliphatic carbocycles. The van der Waals surface area contributed by atoms with Gasteiger partial charge >= 0.3 is 0 Å². The van der Waals surface area contributed by atoms with E-state index in [0.717, 1.165) is 46.5 Å². The van der Waals surface area contributed by atoms with E-state index in [0.29, 0.717) is 6.08 Å². The van der Waals surface area contributed by atoms with Crippen molar-refractivity contribution in [2.75, 3.05) is 7.05 Å². The second kappa shape index (κ2) is 7.19. The molecule has 4 nitrogen and oxygen atoms in total. The minimum Gasteiger partial charge on any atom is -0.333 e. The van der Waals surface area contributed by atoms with E-state index in [1.807, 2.05) is 26.8 Å². The number of rotatable bonds is 6. The highest BCUT2D eigenvalue weighted by atomic mass is 19.3. The van der Waals surface area contributed by atoms with Crippen LogP contribution in [0.25, 0.3) is 0 Å². The molecule has 0 bridgehead atoms. The Labute approximate surface area is 158 Å². The molecule has 0 radical (unpaired) electrons. The number of benzene rings is 1. The van der Waals surface area contributed by atoms with Crippen LogP contribution < -0.4 is 5.43 Å². The third kappa shape index (κ3) is 3.57. The summed E-state index contributed by atoms with van der Waals surface area (Å²) in [4.78, 5) is 14.7. The normalized spacial score (nSPS) is 22.4. The summed E-state index contributed by atoms with van der Waals surface area (Å²) in [6.45, 7) is 6.31. The Balaban J connectivity index is 1.95. The van der Waals surface area contributed by atoms with Crippen molar-refractivity contribution in [3.8, 4) is 0 Å². The number of amides is 1. The molecule has 0 aromatic heterocycles. The molecule has 1 amide bonds. The Morgan fingerprint density at radius 2 is 1.89 bits per heavy atom. The summed E-state index contributed by atoms with van der Waals surface area (Å²) in [7, 11) is 1.28. The average Bonchev–Trinajstić information content (AvgIpc) is 3.40. The molecular formula is C20H26F3N3O. The molecule has 3 rings (SSSR count). The predicted octanol–water partition coefficient (Wildman–Crippen LogP) is 3.62. The highest BCUT2D eigenvalue weighted by molar-refractivity contribution is 5.90. The number of hydrogen-bond acceptors (Lipinski definition) is 3. The minimum absolute atomic E-state index is 0.0800. The van der Waals surface area contributed by atoms with Gasteiger partial charge in [-0.15, -0.1) is 0 Å². The molecule has 1 aromatic carbocycles. The molecule has 1 unspecified atom stereocenters. The number of carbonyl (C=O) groups excluding carboxylic acids is 1. The maximum absolute atomic E-state index is 13.9. The number of hydrazine groups is 1. The Hall–Kier alpha value is -2.02. The summed E-state index contributed by atoms with van der Waals surface area (Å²) in [6.07, 6.45) is -0.0131. The van der Waals surface area contributed by atoms with Crippen molar-refractivity contribution >= 4 is 5.91 Å². The van der Waals surface area contributed by atoms with E-state index in [-0.39, 0.29) is 12.6 Å². The van der Waals surface area contributed by atoms with Gasteiger partial charge in [-0.1, -0.05) is 19.1 Å². The maximum atomic E-state index is 13.9. The Kier molecular flexibility index (Phi) is 5.25. The van der Waals surface area contributed by atoms with Crippen LogP contribution in [0.5, 0.6) is 0 Å². The molecule has 0 spiro atoms. The third-order valence-electron chi connectivity index (χ3n) is 5.50. The Morgan fingerprint density at radius 3 is 2.33 bits per heavy atom. The van der Waals surface area contributed by atoms with Gasteiger partial charge in [-0.2, -0.15) is 4.39 Å². The molecule has 1 aromatic rings. The van der Waals surface area contributed by atoms with E-state index in [1.54, 1.807) is 0 Å². The standard InChI is InChI=1S/C20H26F3N3O/c1-5-14-8-12(2)13(3)9-15(14)11-26(16-6-7-16)19(27)20(18(22)23)10-17(21)25(4)24-20/h8-10,16,18,24H,5-7,11H2,1-4H3.